The van der Waals surface area contributed by atoms with Crippen molar-refractivity contribution < 1.29 is 8.42 Å². The Morgan fingerprint density at radius 1 is 1.32 bits per heavy atom. The highest BCUT2D eigenvalue weighted by Crippen LogP contribution is 2.21. The van der Waals surface area contributed by atoms with Crippen molar-refractivity contribution in [3.05, 3.63) is 0 Å². The van der Waals surface area contributed by atoms with E-state index in [2.05, 4.69) is 31.0 Å². The van der Waals surface area contributed by atoms with E-state index in [1.165, 1.54) is 0 Å². The maximum atomic E-state index is 12.2. The lowest BCUT2D eigenvalue weighted by atomic mass is 9.97. The molecule has 19 heavy (non-hydrogen) atoms. The van der Waals surface area contributed by atoms with E-state index in [-0.39, 0.29) is 11.3 Å². The average Bonchev–Trinajstić information content (AvgIpc) is 2.25. The molecule has 0 saturated carbocycles. The molecule has 114 valence electrons. The van der Waals surface area contributed by atoms with Gasteiger partial charge in [-0.3, -0.25) is 4.90 Å². The minimum Gasteiger partial charge on any atom is -0.311 e. The van der Waals surface area contributed by atoms with Crippen LogP contribution < -0.4 is 5.32 Å². The molecule has 0 aromatic carbocycles. The Morgan fingerprint density at radius 3 is 2.37 bits per heavy atom. The van der Waals surface area contributed by atoms with Crippen LogP contribution in [0.15, 0.2) is 0 Å². The Kier molecular flexibility index (Phi) is 5.08. The molecular formula is C14H30N2O2S. The second kappa shape index (κ2) is 5.70. The van der Waals surface area contributed by atoms with Crippen LogP contribution in [-0.2, 0) is 9.84 Å². The summed E-state index contributed by atoms with van der Waals surface area (Å²) in [6, 6.07) is 0.477. The van der Waals surface area contributed by atoms with Crippen LogP contribution in [-0.4, -0.2) is 55.0 Å². The van der Waals surface area contributed by atoms with Crippen LogP contribution in [0.4, 0.5) is 0 Å². The first-order valence-corrected chi connectivity index (χ1v) is 8.85. The van der Waals surface area contributed by atoms with Gasteiger partial charge >= 0.3 is 0 Å². The van der Waals surface area contributed by atoms with E-state index < -0.39 is 14.6 Å². The van der Waals surface area contributed by atoms with Gasteiger partial charge in [-0.2, -0.15) is 0 Å². The van der Waals surface area contributed by atoms with Gasteiger partial charge < -0.3 is 5.32 Å². The second-order valence-corrected chi connectivity index (χ2v) is 10.0. The second-order valence-electron chi connectivity index (χ2n) is 7.18. The van der Waals surface area contributed by atoms with Gasteiger partial charge in [-0.25, -0.2) is 8.42 Å². The first-order valence-electron chi connectivity index (χ1n) is 7.20. The largest absolute Gasteiger partial charge is 0.311 e. The summed E-state index contributed by atoms with van der Waals surface area (Å²) in [5.74, 6) is 0.246. The molecule has 0 aromatic heterocycles. The molecule has 1 atom stereocenters. The number of nitrogens with one attached hydrogen (secondary N) is 1. The lowest BCUT2D eigenvalue weighted by molar-refractivity contribution is 0.0715. The highest BCUT2D eigenvalue weighted by molar-refractivity contribution is 7.92. The Balaban J connectivity index is 2.69. The van der Waals surface area contributed by atoms with Crippen molar-refractivity contribution in [2.45, 2.75) is 64.3 Å². The van der Waals surface area contributed by atoms with Crippen LogP contribution >= 0.6 is 0 Å². The molecule has 1 rings (SSSR count). The SMILES string of the molecule is CCC1CN(CCS(=O)(=O)C(C)(C)C)C(C)(C)CN1. The van der Waals surface area contributed by atoms with Crippen LogP contribution in [0.2, 0.25) is 0 Å². The summed E-state index contributed by atoms with van der Waals surface area (Å²) in [5, 5.41) is 3.53. The van der Waals surface area contributed by atoms with Gasteiger partial charge in [-0.05, 0) is 41.0 Å². The lowest BCUT2D eigenvalue weighted by Gasteiger charge is -2.46. The minimum absolute atomic E-state index is 0.0269. The normalized spacial score (nSPS) is 25.5. The fourth-order valence-electron chi connectivity index (χ4n) is 2.29. The molecule has 0 spiro atoms. The molecular weight excluding hydrogens is 260 g/mol. The van der Waals surface area contributed by atoms with E-state index in [1.807, 2.05) is 0 Å². The molecule has 0 aliphatic carbocycles. The molecule has 1 N–H and O–H groups in total. The molecule has 4 nitrogen and oxygen atoms in total. The van der Waals surface area contributed by atoms with Crippen molar-refractivity contribution in [2.75, 3.05) is 25.4 Å². The average molecular weight is 290 g/mol. The summed E-state index contributed by atoms with van der Waals surface area (Å²) in [4.78, 5) is 2.32. The van der Waals surface area contributed by atoms with Crippen LogP contribution in [0.5, 0.6) is 0 Å². The van der Waals surface area contributed by atoms with E-state index in [0.717, 1.165) is 19.5 Å². The van der Waals surface area contributed by atoms with Crippen molar-refractivity contribution in [1.29, 1.82) is 0 Å². The number of hydrogen-bond acceptors (Lipinski definition) is 4. The molecule has 1 fully saturated rings. The van der Waals surface area contributed by atoms with Crippen molar-refractivity contribution in [3.63, 3.8) is 0 Å². The van der Waals surface area contributed by atoms with E-state index in [1.54, 1.807) is 20.8 Å². The summed E-state index contributed by atoms with van der Waals surface area (Å²) in [5.41, 5.74) is 0.0269. The highest BCUT2D eigenvalue weighted by Gasteiger charge is 2.35. The van der Waals surface area contributed by atoms with Gasteiger partial charge in [0, 0.05) is 31.2 Å². The smallest absolute Gasteiger partial charge is 0.156 e. The molecule has 1 unspecified atom stereocenters. The number of nitrogens with zero attached hydrogens (tertiary/aromatic N) is 1. The van der Waals surface area contributed by atoms with Crippen LogP contribution in [0.1, 0.15) is 48.0 Å². The fraction of sp³-hybridized carbons (Fsp3) is 1.00. The van der Waals surface area contributed by atoms with Crippen molar-refractivity contribution in [1.82, 2.24) is 10.2 Å². The Hall–Kier alpha value is -0.130. The summed E-state index contributed by atoms with van der Waals surface area (Å²) < 4.78 is 23.8. The zero-order valence-electron chi connectivity index (χ0n) is 13.3. The van der Waals surface area contributed by atoms with E-state index in [9.17, 15) is 8.42 Å². The third-order valence-corrected chi connectivity index (χ3v) is 6.76. The monoisotopic (exact) mass is 290 g/mol. The highest BCUT2D eigenvalue weighted by atomic mass is 32.2. The summed E-state index contributed by atoms with van der Waals surface area (Å²) in [6.07, 6.45) is 1.08. The quantitative estimate of drug-likeness (QED) is 0.855. The van der Waals surface area contributed by atoms with Gasteiger partial charge in [0.05, 0.1) is 10.5 Å². The Bertz CT molecular complexity index is 396. The molecule has 0 amide bonds. The first-order chi connectivity index (χ1) is 8.49. The zero-order valence-corrected chi connectivity index (χ0v) is 14.1. The van der Waals surface area contributed by atoms with Gasteiger partial charge in [-0.1, -0.05) is 6.92 Å². The van der Waals surface area contributed by atoms with Crippen LogP contribution in [0.25, 0.3) is 0 Å². The maximum Gasteiger partial charge on any atom is 0.156 e. The number of hydrogen-bond donors (Lipinski definition) is 1. The van der Waals surface area contributed by atoms with Crippen molar-refractivity contribution in [3.8, 4) is 0 Å². The summed E-state index contributed by atoms with van der Waals surface area (Å²) >= 11 is 0. The van der Waals surface area contributed by atoms with Gasteiger partial charge in [-0.15, -0.1) is 0 Å². The Labute approximate surface area is 118 Å². The van der Waals surface area contributed by atoms with Crippen LogP contribution in [0, 0.1) is 0 Å². The third kappa shape index (κ3) is 4.17. The topological polar surface area (TPSA) is 49.4 Å². The number of piperazine rings is 1. The van der Waals surface area contributed by atoms with E-state index >= 15 is 0 Å². The Morgan fingerprint density at radius 2 is 1.89 bits per heavy atom. The van der Waals surface area contributed by atoms with Gasteiger partial charge in [0.25, 0.3) is 0 Å². The van der Waals surface area contributed by atoms with Gasteiger partial charge in [0.1, 0.15) is 0 Å². The van der Waals surface area contributed by atoms with Gasteiger partial charge in [0.15, 0.2) is 9.84 Å². The third-order valence-electron chi connectivity index (χ3n) is 4.18. The van der Waals surface area contributed by atoms with Crippen molar-refractivity contribution in [2.24, 2.45) is 0 Å². The molecule has 1 aliphatic rings. The number of sulfone groups is 1. The predicted molar refractivity (Wildman–Crippen MR) is 81.3 cm³/mol. The molecule has 1 aliphatic heterocycles. The van der Waals surface area contributed by atoms with Gasteiger partial charge in [0.2, 0.25) is 0 Å². The molecule has 1 saturated heterocycles. The number of rotatable bonds is 4. The molecule has 1 heterocycles. The zero-order chi connectivity index (χ0) is 14.9. The van der Waals surface area contributed by atoms with Crippen LogP contribution in [0.3, 0.4) is 0 Å². The predicted octanol–water partition coefficient (Wildman–Crippen LogP) is 1.66. The fourth-order valence-corrected chi connectivity index (χ4v) is 3.36. The van der Waals surface area contributed by atoms with E-state index in [4.69, 9.17) is 0 Å². The first kappa shape index (κ1) is 16.9. The van der Waals surface area contributed by atoms with E-state index in [0.29, 0.717) is 12.6 Å². The molecule has 0 radical (unpaired) electrons. The summed E-state index contributed by atoms with van der Waals surface area (Å²) in [7, 11) is -3.03. The molecule has 0 aromatic rings. The standard InChI is InChI=1S/C14H30N2O2S/c1-7-12-10-16(14(5,6)11-15-12)8-9-19(17,18)13(2,3)4/h12,15H,7-11H2,1-6H3. The maximum absolute atomic E-state index is 12.2. The minimum atomic E-state index is -3.03. The summed E-state index contributed by atoms with van der Waals surface area (Å²) in [6.45, 7) is 14.3. The lowest BCUT2D eigenvalue weighted by Crippen LogP contribution is -2.62. The molecule has 0 bridgehead atoms. The van der Waals surface area contributed by atoms with Crippen molar-refractivity contribution >= 4 is 9.84 Å². The molecule has 5 heteroatoms.